The van der Waals surface area contributed by atoms with Crippen LogP contribution in [0.4, 0.5) is 4.79 Å². The lowest BCUT2D eigenvalue weighted by atomic mass is 9.72. The highest BCUT2D eigenvalue weighted by Gasteiger charge is 2.60. The largest absolute Gasteiger partial charge is 0.438 e. The molecule has 0 unspecified atom stereocenters. The van der Waals surface area contributed by atoms with Gasteiger partial charge in [0.25, 0.3) is 0 Å². The van der Waals surface area contributed by atoms with Crippen LogP contribution < -0.4 is 0 Å². The third-order valence-corrected chi connectivity index (χ3v) is 5.86. The van der Waals surface area contributed by atoms with Crippen LogP contribution in [-0.2, 0) is 16.6 Å². The summed E-state index contributed by atoms with van der Waals surface area (Å²) in [5.74, 6) is 0. The summed E-state index contributed by atoms with van der Waals surface area (Å²) in [6.07, 6.45) is 0.733. The van der Waals surface area contributed by atoms with Gasteiger partial charge in [0, 0.05) is 13.0 Å². The Balaban J connectivity index is 1.78. The Kier molecular flexibility index (Phi) is 5.04. The Hall–Kier alpha value is -2.33. The van der Waals surface area contributed by atoms with Gasteiger partial charge in [-0.25, -0.2) is 4.79 Å². The number of amides is 1. The number of carbonyl (C=O) groups is 1. The molecule has 4 nitrogen and oxygen atoms in total. The van der Waals surface area contributed by atoms with Crippen LogP contribution in [0.2, 0.25) is 0 Å². The molecule has 2 atom stereocenters. The van der Waals surface area contributed by atoms with Crippen molar-refractivity contribution in [1.82, 2.24) is 4.90 Å². The van der Waals surface area contributed by atoms with Crippen LogP contribution in [0.3, 0.4) is 0 Å². The molecule has 1 N–H and O–H groups in total. The Labute approximate surface area is 161 Å². The van der Waals surface area contributed by atoms with E-state index in [-0.39, 0.29) is 5.41 Å². The highest BCUT2D eigenvalue weighted by atomic mass is 16.6. The zero-order valence-electron chi connectivity index (χ0n) is 16.6. The first-order valence-corrected chi connectivity index (χ1v) is 9.48. The minimum atomic E-state index is -1.38. The van der Waals surface area contributed by atoms with E-state index >= 15 is 0 Å². The zero-order chi connectivity index (χ0) is 19.7. The third kappa shape index (κ3) is 3.72. The molecule has 0 aromatic heterocycles. The van der Waals surface area contributed by atoms with Crippen molar-refractivity contribution in [3.05, 3.63) is 71.8 Å². The predicted octanol–water partition coefficient (Wildman–Crippen LogP) is 4.52. The normalized spacial score (nSPS) is 25.5. The molecule has 0 bridgehead atoms. The first-order valence-electron chi connectivity index (χ1n) is 9.48. The number of aliphatic hydroxyl groups is 1. The number of hydrogen-bond acceptors (Lipinski definition) is 3. The molecule has 1 fully saturated rings. The van der Waals surface area contributed by atoms with E-state index in [9.17, 15) is 9.90 Å². The van der Waals surface area contributed by atoms with Gasteiger partial charge in [-0.05, 0) is 36.8 Å². The zero-order valence-corrected chi connectivity index (χ0v) is 16.6. The van der Waals surface area contributed by atoms with Gasteiger partial charge in [0.2, 0.25) is 0 Å². The van der Waals surface area contributed by atoms with Crippen molar-refractivity contribution < 1.29 is 14.6 Å². The van der Waals surface area contributed by atoms with Crippen molar-refractivity contribution in [2.45, 2.75) is 57.3 Å². The minimum Gasteiger partial charge on any atom is -0.438 e. The molecule has 3 rings (SSSR count). The van der Waals surface area contributed by atoms with Crippen molar-refractivity contribution in [2.24, 2.45) is 0 Å². The smallest absolute Gasteiger partial charge is 0.412 e. The van der Waals surface area contributed by atoms with Gasteiger partial charge >= 0.3 is 6.09 Å². The average molecular weight is 367 g/mol. The molecule has 0 aliphatic carbocycles. The van der Waals surface area contributed by atoms with Crippen LogP contribution in [0.1, 0.15) is 45.2 Å². The lowest BCUT2D eigenvalue weighted by Gasteiger charge is -2.42. The Morgan fingerprint density at radius 1 is 1.00 bits per heavy atom. The second kappa shape index (κ2) is 7.01. The maximum atomic E-state index is 12.6. The fourth-order valence-electron chi connectivity index (χ4n) is 4.04. The van der Waals surface area contributed by atoms with Gasteiger partial charge in [-0.15, -0.1) is 0 Å². The first kappa shape index (κ1) is 19.4. The maximum absolute atomic E-state index is 12.6. The molecular formula is C23H29NO3. The summed E-state index contributed by atoms with van der Waals surface area (Å²) in [4.78, 5) is 14.1. The van der Waals surface area contributed by atoms with Gasteiger partial charge < -0.3 is 9.84 Å². The van der Waals surface area contributed by atoms with Crippen molar-refractivity contribution in [2.75, 3.05) is 6.54 Å². The van der Waals surface area contributed by atoms with Gasteiger partial charge in [0.15, 0.2) is 11.3 Å². The molecular weight excluding hydrogens is 338 g/mol. The fraction of sp³-hybridized carbons (Fsp3) is 0.435. The van der Waals surface area contributed by atoms with Crippen molar-refractivity contribution in [3.8, 4) is 0 Å². The van der Waals surface area contributed by atoms with E-state index in [1.807, 2.05) is 55.5 Å². The molecule has 1 heterocycles. The van der Waals surface area contributed by atoms with Gasteiger partial charge in [-0.3, -0.25) is 4.90 Å². The number of hydrogen-bond donors (Lipinski definition) is 1. The minimum absolute atomic E-state index is 0.254. The highest BCUT2D eigenvalue weighted by Crippen LogP contribution is 2.45. The van der Waals surface area contributed by atoms with E-state index in [2.05, 4.69) is 26.0 Å². The summed E-state index contributed by atoms with van der Waals surface area (Å²) in [7, 11) is 0. The monoisotopic (exact) mass is 367 g/mol. The van der Waals surface area contributed by atoms with Gasteiger partial charge in [-0.1, -0.05) is 74.5 Å². The van der Waals surface area contributed by atoms with Crippen LogP contribution in [0.25, 0.3) is 0 Å². The van der Waals surface area contributed by atoms with E-state index in [1.54, 1.807) is 6.92 Å². The summed E-state index contributed by atoms with van der Waals surface area (Å²) in [5, 5.41) is 11.3. The first-order chi connectivity index (χ1) is 12.7. The fourth-order valence-corrected chi connectivity index (χ4v) is 4.04. The lowest BCUT2D eigenvalue weighted by molar-refractivity contribution is -0.145. The van der Waals surface area contributed by atoms with Crippen LogP contribution in [-0.4, -0.2) is 34.0 Å². The molecule has 1 saturated heterocycles. The van der Waals surface area contributed by atoms with E-state index in [0.29, 0.717) is 19.4 Å². The Morgan fingerprint density at radius 3 is 2.15 bits per heavy atom. The van der Waals surface area contributed by atoms with Gasteiger partial charge in [0.1, 0.15) is 0 Å². The molecule has 0 spiro atoms. The number of cyclic esters (lactones) is 1. The third-order valence-electron chi connectivity index (χ3n) is 5.86. The van der Waals surface area contributed by atoms with Gasteiger partial charge in [0.05, 0.1) is 0 Å². The predicted molar refractivity (Wildman–Crippen MR) is 106 cm³/mol. The summed E-state index contributed by atoms with van der Waals surface area (Å²) >= 11 is 0. The topological polar surface area (TPSA) is 49.8 Å². The maximum Gasteiger partial charge on any atom is 0.412 e. The van der Waals surface area contributed by atoms with Crippen molar-refractivity contribution >= 4 is 6.09 Å². The Morgan fingerprint density at radius 2 is 1.56 bits per heavy atom. The van der Waals surface area contributed by atoms with Gasteiger partial charge in [-0.2, -0.15) is 0 Å². The molecule has 27 heavy (non-hydrogen) atoms. The van der Waals surface area contributed by atoms with E-state index in [0.717, 1.165) is 11.1 Å². The molecule has 1 aliphatic heterocycles. The van der Waals surface area contributed by atoms with Crippen molar-refractivity contribution in [1.29, 1.82) is 0 Å². The molecule has 144 valence electrons. The Bertz CT molecular complexity index is 786. The molecule has 1 aliphatic rings. The van der Waals surface area contributed by atoms with Crippen LogP contribution in [0, 0.1) is 0 Å². The SMILES string of the molecule is CC(C)(C[C@@]1(C)OC(=O)N(CCc2ccccc2)[C@]1(C)O)c1ccccc1. The molecule has 0 saturated carbocycles. The van der Waals surface area contributed by atoms with Crippen LogP contribution in [0.15, 0.2) is 60.7 Å². The molecule has 1 amide bonds. The van der Waals surface area contributed by atoms with E-state index in [1.165, 1.54) is 4.90 Å². The lowest BCUT2D eigenvalue weighted by Crippen LogP contribution is -2.57. The van der Waals surface area contributed by atoms with Crippen molar-refractivity contribution in [3.63, 3.8) is 0 Å². The number of nitrogens with zero attached hydrogens (tertiary/aromatic N) is 1. The van der Waals surface area contributed by atoms with Crippen LogP contribution >= 0.6 is 0 Å². The standard InChI is InChI=1S/C23H29NO3/c1-21(2,19-13-9-6-10-14-19)17-22(3)23(4,26)24(20(25)27-22)16-15-18-11-7-5-8-12-18/h5-14,26H,15-17H2,1-4H3/t22-,23-/m1/s1. The van der Waals surface area contributed by atoms with E-state index in [4.69, 9.17) is 4.74 Å². The average Bonchev–Trinajstić information content (AvgIpc) is 2.78. The highest BCUT2D eigenvalue weighted by molar-refractivity contribution is 5.72. The molecule has 2 aromatic rings. The van der Waals surface area contributed by atoms with E-state index < -0.39 is 17.4 Å². The molecule has 4 heteroatoms. The number of rotatable bonds is 6. The number of ether oxygens (including phenoxy) is 1. The number of carbonyl (C=O) groups excluding carboxylic acids is 1. The molecule has 2 aromatic carbocycles. The summed E-state index contributed by atoms with van der Waals surface area (Å²) in [6, 6.07) is 20.1. The summed E-state index contributed by atoms with van der Waals surface area (Å²) in [5.41, 5.74) is -0.360. The second-order valence-electron chi connectivity index (χ2n) is 8.43. The number of benzene rings is 2. The molecule has 0 radical (unpaired) electrons. The summed E-state index contributed by atoms with van der Waals surface area (Å²) < 4.78 is 5.76. The quantitative estimate of drug-likeness (QED) is 0.817. The second-order valence-corrected chi connectivity index (χ2v) is 8.43. The van der Waals surface area contributed by atoms with Crippen LogP contribution in [0.5, 0.6) is 0 Å². The summed E-state index contributed by atoms with van der Waals surface area (Å²) in [6.45, 7) is 8.16.